The highest BCUT2D eigenvalue weighted by Gasteiger charge is 2.18. The van der Waals surface area contributed by atoms with Gasteiger partial charge < -0.3 is 25.2 Å². The van der Waals surface area contributed by atoms with Crippen LogP contribution in [-0.2, 0) is 0 Å². The van der Waals surface area contributed by atoms with Gasteiger partial charge in [-0.1, -0.05) is 30.3 Å². The summed E-state index contributed by atoms with van der Waals surface area (Å²) in [6.45, 7) is 2.03. The van der Waals surface area contributed by atoms with Gasteiger partial charge in [-0.15, -0.1) is 0 Å². The summed E-state index contributed by atoms with van der Waals surface area (Å²) in [5.74, 6) is 1.85. The van der Waals surface area contributed by atoms with E-state index >= 15 is 0 Å². The summed E-state index contributed by atoms with van der Waals surface area (Å²) in [5.41, 5.74) is 1.51. The molecule has 0 saturated carbocycles. The highest BCUT2D eigenvalue weighted by Crippen LogP contribution is 2.34. The molecule has 0 saturated heterocycles. The van der Waals surface area contributed by atoms with Gasteiger partial charge in [0.05, 0.1) is 12.1 Å². The maximum atomic E-state index is 10.5. The van der Waals surface area contributed by atoms with Crippen LogP contribution in [0.25, 0.3) is 0 Å². The van der Waals surface area contributed by atoms with Gasteiger partial charge >= 0.3 is 0 Å². The first-order valence-corrected chi connectivity index (χ1v) is 9.04. The number of benzene rings is 2. The van der Waals surface area contributed by atoms with Crippen molar-refractivity contribution in [1.29, 1.82) is 0 Å². The molecule has 0 amide bonds. The van der Waals surface area contributed by atoms with Gasteiger partial charge in [0.2, 0.25) is 24.0 Å². The Kier molecular flexibility index (Phi) is 5.14. The minimum atomic E-state index is -0.734. The van der Waals surface area contributed by atoms with Gasteiger partial charge in [0.1, 0.15) is 0 Å². The molecule has 0 fully saturated rings. The maximum absolute atomic E-state index is 10.5. The summed E-state index contributed by atoms with van der Waals surface area (Å²) in [6.07, 6.45) is -0.734. The van der Waals surface area contributed by atoms with Gasteiger partial charge in [-0.25, -0.2) is 0 Å². The molecule has 1 aliphatic heterocycles. The molecule has 0 bridgehead atoms. The van der Waals surface area contributed by atoms with Gasteiger partial charge in [0.25, 0.3) is 0 Å². The minimum absolute atomic E-state index is 0.0298. The monoisotopic (exact) mass is 399 g/mol. The third-order valence-corrected chi connectivity index (χ3v) is 4.38. The molecule has 9 heteroatoms. The van der Waals surface area contributed by atoms with Crippen LogP contribution in [0.3, 0.4) is 0 Å². The molecule has 28 heavy (non-hydrogen) atoms. The predicted octanol–water partition coefficient (Wildman–Crippen LogP) is 3.53. The second-order valence-corrected chi connectivity index (χ2v) is 6.57. The molecule has 4 rings (SSSR count). The van der Waals surface area contributed by atoms with Crippen molar-refractivity contribution in [2.45, 2.75) is 19.1 Å². The van der Waals surface area contributed by atoms with Crippen LogP contribution in [-0.4, -0.2) is 32.9 Å². The number of halogens is 1. The van der Waals surface area contributed by atoms with Crippen LogP contribution in [0.1, 0.15) is 18.6 Å². The fourth-order valence-corrected chi connectivity index (χ4v) is 2.96. The van der Waals surface area contributed by atoms with Crippen LogP contribution in [0.5, 0.6) is 11.5 Å². The summed E-state index contributed by atoms with van der Waals surface area (Å²) in [6, 6.07) is 14.4. The molecule has 8 nitrogen and oxygen atoms in total. The second kappa shape index (κ2) is 7.87. The number of rotatable bonds is 6. The Labute approximate surface area is 166 Å². The summed E-state index contributed by atoms with van der Waals surface area (Å²) in [4.78, 5) is 12.5. The van der Waals surface area contributed by atoms with Gasteiger partial charge in [-0.05, 0) is 36.2 Å². The molecule has 0 spiro atoms. The average molecular weight is 400 g/mol. The van der Waals surface area contributed by atoms with Crippen molar-refractivity contribution in [1.82, 2.24) is 15.0 Å². The lowest BCUT2D eigenvalue weighted by Gasteiger charge is -2.20. The lowest BCUT2D eigenvalue weighted by Crippen LogP contribution is -2.25. The van der Waals surface area contributed by atoms with Gasteiger partial charge in [0, 0.05) is 11.8 Å². The molecule has 3 aromatic rings. The fourth-order valence-electron chi connectivity index (χ4n) is 2.80. The quantitative estimate of drug-likeness (QED) is 0.578. The van der Waals surface area contributed by atoms with E-state index in [4.69, 9.17) is 21.1 Å². The Morgan fingerprint density at radius 3 is 2.57 bits per heavy atom. The Morgan fingerprint density at radius 2 is 1.75 bits per heavy atom. The van der Waals surface area contributed by atoms with Crippen LogP contribution in [0.4, 0.5) is 17.6 Å². The number of nitrogens with zero attached hydrogens (tertiary/aromatic N) is 3. The zero-order chi connectivity index (χ0) is 19.5. The number of ether oxygens (including phenoxy) is 2. The smallest absolute Gasteiger partial charge is 0.233 e. The molecule has 3 N–H and O–H groups in total. The Balaban J connectivity index is 1.49. The first-order valence-electron chi connectivity index (χ1n) is 8.66. The van der Waals surface area contributed by atoms with Crippen molar-refractivity contribution < 1.29 is 14.6 Å². The molecule has 1 aromatic heterocycles. The average Bonchev–Trinajstić information content (AvgIpc) is 3.15. The molecule has 2 heterocycles. The SMILES string of the molecule is C[C@@H](Nc1nc(Cl)nc(Nc2ccc3c(c2)OCO3)n1)[C@@H](O)c1ccccc1. The second-order valence-electron chi connectivity index (χ2n) is 6.23. The molecule has 144 valence electrons. The molecule has 0 radical (unpaired) electrons. The van der Waals surface area contributed by atoms with Crippen LogP contribution < -0.4 is 20.1 Å². The van der Waals surface area contributed by atoms with Crippen molar-refractivity contribution in [2.75, 3.05) is 17.4 Å². The van der Waals surface area contributed by atoms with Crippen molar-refractivity contribution >= 4 is 29.2 Å². The van der Waals surface area contributed by atoms with Crippen molar-refractivity contribution in [3.05, 3.63) is 59.4 Å². The Hall–Kier alpha value is -3.10. The summed E-state index contributed by atoms with van der Waals surface area (Å²) in [5, 5.41) is 16.7. The van der Waals surface area contributed by atoms with Gasteiger partial charge in [-0.3, -0.25) is 0 Å². The van der Waals surface area contributed by atoms with Crippen LogP contribution in [0.2, 0.25) is 5.28 Å². The molecule has 1 aliphatic rings. The summed E-state index contributed by atoms with van der Waals surface area (Å²) in [7, 11) is 0. The summed E-state index contributed by atoms with van der Waals surface area (Å²) < 4.78 is 10.7. The largest absolute Gasteiger partial charge is 0.454 e. The molecule has 0 unspecified atom stereocenters. The number of aliphatic hydroxyl groups is 1. The number of hydrogen-bond acceptors (Lipinski definition) is 8. The number of hydrogen-bond donors (Lipinski definition) is 3. The normalized spacial score (nSPS) is 14.4. The number of fused-ring (bicyclic) bond motifs is 1. The van der Waals surface area contributed by atoms with E-state index in [1.54, 1.807) is 12.1 Å². The van der Waals surface area contributed by atoms with Gasteiger partial charge in [-0.2, -0.15) is 15.0 Å². The lowest BCUT2D eigenvalue weighted by molar-refractivity contribution is 0.160. The Morgan fingerprint density at radius 1 is 1.00 bits per heavy atom. The molecule has 0 aliphatic carbocycles. The van der Waals surface area contributed by atoms with E-state index in [0.717, 1.165) is 11.3 Å². The van der Waals surface area contributed by atoms with E-state index in [-0.39, 0.29) is 30.0 Å². The highest BCUT2D eigenvalue weighted by atomic mass is 35.5. The van der Waals surface area contributed by atoms with E-state index in [1.165, 1.54) is 0 Å². The van der Waals surface area contributed by atoms with Crippen molar-refractivity contribution in [2.24, 2.45) is 0 Å². The van der Waals surface area contributed by atoms with Gasteiger partial charge in [0.15, 0.2) is 11.5 Å². The maximum Gasteiger partial charge on any atom is 0.233 e. The van der Waals surface area contributed by atoms with E-state index in [0.29, 0.717) is 11.5 Å². The zero-order valence-corrected chi connectivity index (χ0v) is 15.7. The highest BCUT2D eigenvalue weighted by molar-refractivity contribution is 6.28. The van der Waals surface area contributed by atoms with Crippen molar-refractivity contribution in [3.8, 4) is 11.5 Å². The standard InChI is InChI=1S/C19H18ClN5O3/c1-11(16(26)12-5-3-2-4-6-12)21-18-23-17(20)24-19(25-18)22-13-7-8-14-15(9-13)28-10-27-14/h2-9,11,16,26H,10H2,1H3,(H2,21,22,23,24,25)/t11-,16-/m1/s1. The van der Waals surface area contributed by atoms with Crippen molar-refractivity contribution in [3.63, 3.8) is 0 Å². The fraction of sp³-hybridized carbons (Fsp3) is 0.211. The minimum Gasteiger partial charge on any atom is -0.454 e. The van der Waals surface area contributed by atoms with Crippen LogP contribution in [0.15, 0.2) is 48.5 Å². The third-order valence-electron chi connectivity index (χ3n) is 4.21. The first kappa shape index (κ1) is 18.3. The number of aliphatic hydroxyl groups excluding tert-OH is 1. The lowest BCUT2D eigenvalue weighted by atomic mass is 10.0. The number of nitrogens with one attached hydrogen (secondary N) is 2. The predicted molar refractivity (Wildman–Crippen MR) is 105 cm³/mol. The number of aromatic nitrogens is 3. The molecular weight excluding hydrogens is 382 g/mol. The molecule has 2 aromatic carbocycles. The van der Waals surface area contributed by atoms with E-state index in [9.17, 15) is 5.11 Å². The van der Waals surface area contributed by atoms with Crippen LogP contribution >= 0.6 is 11.6 Å². The van der Waals surface area contributed by atoms with E-state index in [1.807, 2.05) is 43.3 Å². The van der Waals surface area contributed by atoms with E-state index < -0.39 is 6.10 Å². The number of anilines is 3. The van der Waals surface area contributed by atoms with E-state index in [2.05, 4.69) is 25.6 Å². The Bertz CT molecular complexity index is 973. The van der Waals surface area contributed by atoms with Crippen LogP contribution in [0, 0.1) is 0 Å². The summed E-state index contributed by atoms with van der Waals surface area (Å²) >= 11 is 6.04. The zero-order valence-electron chi connectivity index (χ0n) is 15.0. The third kappa shape index (κ3) is 4.08. The molecular formula is C19H18ClN5O3. The molecule has 2 atom stereocenters. The topological polar surface area (TPSA) is 101 Å². The first-order chi connectivity index (χ1) is 13.6.